The van der Waals surface area contributed by atoms with Crippen LogP contribution in [0.4, 0.5) is 0 Å². The van der Waals surface area contributed by atoms with Gasteiger partial charge in [-0.2, -0.15) is 0 Å². The molecule has 6 heteroatoms. The Balaban J connectivity index is 1.99. The quantitative estimate of drug-likeness (QED) is 0.884. The van der Waals surface area contributed by atoms with Crippen molar-refractivity contribution in [3.05, 3.63) is 22.4 Å². The van der Waals surface area contributed by atoms with Gasteiger partial charge in [-0.25, -0.2) is 0 Å². The molecule has 0 spiro atoms. The van der Waals surface area contributed by atoms with E-state index >= 15 is 0 Å². The number of aliphatic hydroxyl groups excluding tert-OH is 1. The van der Waals surface area contributed by atoms with Gasteiger partial charge < -0.3 is 10.0 Å². The maximum absolute atomic E-state index is 12.1. The zero-order valence-electron chi connectivity index (χ0n) is 10.1. The molecule has 1 N–H and O–H groups in total. The molecule has 2 heterocycles. The number of aliphatic hydroxyl groups is 1. The lowest BCUT2D eigenvalue weighted by atomic mass is 10.2. The molecule has 0 aliphatic carbocycles. The normalized spacial score (nSPS) is 21.2. The number of amides is 1. The Morgan fingerprint density at radius 2 is 2.44 bits per heavy atom. The highest BCUT2D eigenvalue weighted by atomic mass is 32.2. The molecule has 0 aromatic carbocycles. The predicted molar refractivity (Wildman–Crippen MR) is 73.0 cm³/mol. The number of likely N-dealkylation sites (tertiary alicyclic amines) is 1. The second kappa shape index (κ2) is 6.45. The van der Waals surface area contributed by atoms with Crippen molar-refractivity contribution in [1.82, 2.24) is 4.90 Å². The van der Waals surface area contributed by atoms with Crippen LogP contribution in [0.2, 0.25) is 0 Å². The van der Waals surface area contributed by atoms with Gasteiger partial charge in [-0.05, 0) is 24.3 Å². The summed E-state index contributed by atoms with van der Waals surface area (Å²) in [6.07, 6.45) is 1.99. The molecule has 1 aromatic heterocycles. The van der Waals surface area contributed by atoms with E-state index in [1.807, 2.05) is 22.4 Å². The Hall–Kier alpha value is -0.720. The van der Waals surface area contributed by atoms with Gasteiger partial charge in [0.15, 0.2) is 0 Å². The highest BCUT2D eigenvalue weighted by molar-refractivity contribution is 7.85. The molecule has 100 valence electrons. The van der Waals surface area contributed by atoms with Crippen molar-refractivity contribution in [3.8, 4) is 0 Å². The molecule has 2 unspecified atom stereocenters. The number of hydrogen-bond acceptors (Lipinski definition) is 4. The summed E-state index contributed by atoms with van der Waals surface area (Å²) in [5.74, 6) is 0.156. The van der Waals surface area contributed by atoms with Crippen molar-refractivity contribution < 1.29 is 14.1 Å². The minimum atomic E-state index is -1.25. The molecule has 0 radical (unpaired) electrons. The number of thiophene rings is 1. The maximum Gasteiger partial charge on any atom is 0.235 e. The number of nitrogens with zero attached hydrogens (tertiary/aromatic N) is 1. The third-order valence-corrected chi connectivity index (χ3v) is 5.23. The molecule has 0 bridgehead atoms. The molecule has 1 aromatic rings. The molecule has 1 amide bonds. The van der Waals surface area contributed by atoms with Crippen molar-refractivity contribution >= 4 is 28.0 Å². The van der Waals surface area contributed by atoms with Gasteiger partial charge in [0.25, 0.3) is 0 Å². The third-order valence-electron chi connectivity index (χ3n) is 3.05. The summed E-state index contributed by atoms with van der Waals surface area (Å²) in [6, 6.07) is 4.19. The first-order chi connectivity index (χ1) is 8.72. The SMILES string of the molecule is O=C(CS(=O)CCO)N1CCCC1c1cccs1. The Morgan fingerprint density at radius 3 is 3.11 bits per heavy atom. The zero-order chi connectivity index (χ0) is 13.0. The topological polar surface area (TPSA) is 57.6 Å². The fraction of sp³-hybridized carbons (Fsp3) is 0.583. The van der Waals surface area contributed by atoms with E-state index in [2.05, 4.69) is 0 Å². The second-order valence-electron chi connectivity index (χ2n) is 4.27. The van der Waals surface area contributed by atoms with Crippen LogP contribution < -0.4 is 0 Å². The molecule has 1 saturated heterocycles. The smallest absolute Gasteiger partial charge is 0.235 e. The van der Waals surface area contributed by atoms with E-state index in [9.17, 15) is 9.00 Å². The molecule has 4 nitrogen and oxygen atoms in total. The van der Waals surface area contributed by atoms with Crippen molar-refractivity contribution in [3.63, 3.8) is 0 Å². The Labute approximate surface area is 113 Å². The van der Waals surface area contributed by atoms with Crippen LogP contribution >= 0.6 is 11.3 Å². The first-order valence-electron chi connectivity index (χ1n) is 6.01. The van der Waals surface area contributed by atoms with Gasteiger partial charge in [0.1, 0.15) is 5.75 Å². The van der Waals surface area contributed by atoms with Crippen LogP contribution in [0.15, 0.2) is 17.5 Å². The average Bonchev–Trinajstić information content (AvgIpc) is 3.00. The van der Waals surface area contributed by atoms with Gasteiger partial charge in [-0.15, -0.1) is 11.3 Å². The monoisotopic (exact) mass is 287 g/mol. The fourth-order valence-electron chi connectivity index (χ4n) is 2.24. The Kier molecular flexibility index (Phi) is 4.91. The molecular formula is C12H17NO3S2. The predicted octanol–water partition coefficient (Wildman–Crippen LogP) is 1.15. The lowest BCUT2D eigenvalue weighted by Gasteiger charge is -2.23. The largest absolute Gasteiger partial charge is 0.395 e. The molecule has 0 saturated carbocycles. The van der Waals surface area contributed by atoms with E-state index < -0.39 is 10.8 Å². The van der Waals surface area contributed by atoms with Crippen molar-refractivity contribution in [2.45, 2.75) is 18.9 Å². The first-order valence-corrected chi connectivity index (χ1v) is 8.38. The van der Waals surface area contributed by atoms with Gasteiger partial charge in [-0.1, -0.05) is 6.07 Å². The van der Waals surface area contributed by atoms with Crippen LogP contribution in [-0.4, -0.2) is 44.8 Å². The molecule has 18 heavy (non-hydrogen) atoms. The lowest BCUT2D eigenvalue weighted by molar-refractivity contribution is -0.129. The second-order valence-corrected chi connectivity index (χ2v) is 6.83. The van der Waals surface area contributed by atoms with Crippen molar-refractivity contribution in [2.24, 2.45) is 0 Å². The molecule has 1 aliphatic rings. The van der Waals surface area contributed by atoms with Gasteiger partial charge in [0.05, 0.1) is 12.6 Å². The van der Waals surface area contributed by atoms with E-state index in [1.165, 1.54) is 4.88 Å². The maximum atomic E-state index is 12.1. The Morgan fingerprint density at radius 1 is 1.61 bits per heavy atom. The summed E-state index contributed by atoms with van der Waals surface area (Å²) in [5, 5.41) is 10.7. The van der Waals surface area contributed by atoms with Crippen LogP contribution in [-0.2, 0) is 15.6 Å². The van der Waals surface area contributed by atoms with Gasteiger partial charge >= 0.3 is 0 Å². The lowest BCUT2D eigenvalue weighted by Crippen LogP contribution is -2.34. The minimum absolute atomic E-state index is 0.0302. The average molecular weight is 287 g/mol. The minimum Gasteiger partial charge on any atom is -0.395 e. The van der Waals surface area contributed by atoms with Gasteiger partial charge in [0, 0.05) is 28.0 Å². The van der Waals surface area contributed by atoms with Crippen LogP contribution in [0.5, 0.6) is 0 Å². The van der Waals surface area contributed by atoms with Crippen LogP contribution in [0.25, 0.3) is 0 Å². The molecular weight excluding hydrogens is 270 g/mol. The molecule has 2 atom stereocenters. The Bertz CT molecular complexity index is 419. The summed E-state index contributed by atoms with van der Waals surface area (Å²) in [4.78, 5) is 15.1. The van der Waals surface area contributed by atoms with E-state index in [1.54, 1.807) is 11.3 Å². The summed E-state index contributed by atoms with van der Waals surface area (Å²) in [7, 11) is -1.25. The van der Waals surface area contributed by atoms with Crippen molar-refractivity contribution in [2.75, 3.05) is 24.7 Å². The van der Waals surface area contributed by atoms with Crippen LogP contribution in [0.1, 0.15) is 23.8 Å². The third kappa shape index (κ3) is 3.18. The number of carbonyl (C=O) groups excluding carboxylic acids is 1. The van der Waals surface area contributed by atoms with Gasteiger partial charge in [-0.3, -0.25) is 9.00 Å². The molecule has 1 fully saturated rings. The highest BCUT2D eigenvalue weighted by Gasteiger charge is 2.30. The number of hydrogen-bond donors (Lipinski definition) is 1. The van der Waals surface area contributed by atoms with Crippen LogP contribution in [0, 0.1) is 0 Å². The first kappa shape index (κ1) is 13.7. The van der Waals surface area contributed by atoms with Gasteiger partial charge in [0.2, 0.25) is 5.91 Å². The summed E-state index contributed by atoms with van der Waals surface area (Å²) in [6.45, 7) is 0.617. The zero-order valence-corrected chi connectivity index (χ0v) is 11.7. The highest BCUT2D eigenvalue weighted by Crippen LogP contribution is 2.34. The molecule has 2 rings (SSSR count). The summed E-state index contributed by atoms with van der Waals surface area (Å²) < 4.78 is 11.5. The van der Waals surface area contributed by atoms with E-state index in [4.69, 9.17) is 5.11 Å². The van der Waals surface area contributed by atoms with E-state index in [0.717, 1.165) is 19.4 Å². The molecule has 1 aliphatic heterocycles. The summed E-state index contributed by atoms with van der Waals surface area (Å²) >= 11 is 1.66. The van der Waals surface area contributed by atoms with E-state index in [0.29, 0.717) is 0 Å². The van der Waals surface area contributed by atoms with Crippen LogP contribution in [0.3, 0.4) is 0 Å². The summed E-state index contributed by atoms with van der Waals surface area (Å²) in [5.41, 5.74) is 0. The number of carbonyl (C=O) groups is 1. The number of rotatable bonds is 5. The standard InChI is InChI=1S/C12H17NO3S2/c14-6-8-18(16)9-12(15)13-5-1-3-10(13)11-4-2-7-17-11/h2,4,7,10,14H,1,3,5-6,8-9H2. The van der Waals surface area contributed by atoms with E-state index in [-0.39, 0.29) is 30.1 Å². The fourth-order valence-corrected chi connectivity index (χ4v) is 3.90. The van der Waals surface area contributed by atoms with Crippen molar-refractivity contribution in [1.29, 1.82) is 0 Å².